The molecule has 5 nitrogen and oxygen atoms in total. The molecule has 0 saturated carbocycles. The van der Waals surface area contributed by atoms with Crippen LogP contribution in [-0.2, 0) is 9.47 Å². The van der Waals surface area contributed by atoms with E-state index in [4.69, 9.17) is 19.0 Å². The van der Waals surface area contributed by atoms with Crippen LogP contribution in [0.4, 0.5) is 0 Å². The van der Waals surface area contributed by atoms with Gasteiger partial charge >= 0.3 is 0 Å². The third kappa shape index (κ3) is 4.57. The van der Waals surface area contributed by atoms with Gasteiger partial charge in [-0.2, -0.15) is 0 Å². The fourth-order valence-electron chi connectivity index (χ4n) is 4.08. The van der Waals surface area contributed by atoms with Gasteiger partial charge in [-0.1, -0.05) is 92.5 Å². The van der Waals surface area contributed by atoms with Crippen molar-refractivity contribution in [1.29, 1.82) is 0 Å². The Morgan fingerprint density at radius 3 is 2.42 bits per heavy atom. The number of aromatic nitrogens is 1. The Hall–Kier alpha value is -2.92. The van der Waals surface area contributed by atoms with E-state index in [9.17, 15) is 0 Å². The van der Waals surface area contributed by atoms with Crippen LogP contribution in [-0.4, -0.2) is 30.8 Å². The molecule has 1 aliphatic heterocycles. The molecule has 5 heteroatoms. The summed E-state index contributed by atoms with van der Waals surface area (Å²) in [5.74, 6) is 1.66. The van der Waals surface area contributed by atoms with Crippen molar-refractivity contribution in [3.63, 3.8) is 0 Å². The summed E-state index contributed by atoms with van der Waals surface area (Å²) in [5, 5.41) is 4.46. The maximum Gasteiger partial charge on any atom is 0.223 e. The van der Waals surface area contributed by atoms with Crippen LogP contribution >= 0.6 is 0 Å². The number of ether oxygens (including phenoxy) is 2. The molecule has 162 valence electrons. The summed E-state index contributed by atoms with van der Waals surface area (Å²) in [5.41, 5.74) is 3.73. The molecule has 0 saturated heterocycles. The van der Waals surface area contributed by atoms with E-state index in [1.807, 2.05) is 48.5 Å². The molecule has 3 aromatic rings. The number of methoxy groups -OCH3 is 1. The number of aliphatic imine (C=N–C) groups is 1. The molecule has 0 unspecified atom stereocenters. The lowest BCUT2D eigenvalue weighted by Crippen LogP contribution is -2.19. The molecule has 0 spiro atoms. The summed E-state index contributed by atoms with van der Waals surface area (Å²) < 4.78 is 17.9. The topological polar surface area (TPSA) is 56.9 Å². The summed E-state index contributed by atoms with van der Waals surface area (Å²) in [4.78, 5) is 4.96. The van der Waals surface area contributed by atoms with Gasteiger partial charge in [0.05, 0.1) is 6.61 Å². The molecule has 0 N–H and O–H groups in total. The highest BCUT2D eigenvalue weighted by molar-refractivity contribution is 6.02. The zero-order valence-electron chi connectivity index (χ0n) is 18.5. The van der Waals surface area contributed by atoms with Crippen molar-refractivity contribution in [3.8, 4) is 11.3 Å². The minimum Gasteiger partial charge on any atom is -0.467 e. The monoisotopic (exact) mass is 418 g/mol. The van der Waals surface area contributed by atoms with Gasteiger partial charge in [-0.05, 0) is 12.0 Å². The lowest BCUT2D eigenvalue weighted by atomic mass is 9.95. The van der Waals surface area contributed by atoms with E-state index in [0.717, 1.165) is 47.4 Å². The van der Waals surface area contributed by atoms with Gasteiger partial charge in [0.25, 0.3) is 0 Å². The van der Waals surface area contributed by atoms with E-state index in [1.54, 1.807) is 7.11 Å². The van der Waals surface area contributed by atoms with Crippen molar-refractivity contribution >= 4 is 5.90 Å². The normalized spacial score (nSPS) is 19.1. The molecule has 1 aliphatic rings. The Morgan fingerprint density at radius 1 is 1.03 bits per heavy atom. The predicted molar refractivity (Wildman–Crippen MR) is 122 cm³/mol. The van der Waals surface area contributed by atoms with Gasteiger partial charge in [-0.3, -0.25) is 0 Å². The summed E-state index contributed by atoms with van der Waals surface area (Å²) in [6, 6.07) is 20.2. The van der Waals surface area contributed by atoms with Crippen molar-refractivity contribution in [3.05, 3.63) is 77.6 Å². The maximum atomic E-state index is 6.48. The Labute approximate surface area is 184 Å². The number of hydrogen-bond donors (Lipinski definition) is 0. The highest BCUT2D eigenvalue weighted by Gasteiger charge is 2.37. The number of benzene rings is 2. The first-order valence-electron chi connectivity index (χ1n) is 11.1. The second-order valence-corrected chi connectivity index (χ2v) is 8.09. The quantitative estimate of drug-likeness (QED) is 0.417. The molecule has 3 atom stereocenters. The van der Waals surface area contributed by atoms with Crippen LogP contribution in [0.1, 0.15) is 62.0 Å². The molecule has 2 aromatic carbocycles. The molecule has 0 radical (unpaired) electrons. The van der Waals surface area contributed by atoms with Crippen molar-refractivity contribution in [2.24, 2.45) is 4.99 Å². The van der Waals surface area contributed by atoms with Gasteiger partial charge < -0.3 is 14.0 Å². The van der Waals surface area contributed by atoms with E-state index >= 15 is 0 Å². The van der Waals surface area contributed by atoms with Crippen molar-refractivity contribution < 1.29 is 14.0 Å². The Morgan fingerprint density at radius 2 is 1.74 bits per heavy atom. The average molecular weight is 419 g/mol. The van der Waals surface area contributed by atoms with E-state index in [0.29, 0.717) is 12.5 Å². The van der Waals surface area contributed by atoms with Gasteiger partial charge in [0.2, 0.25) is 5.90 Å². The number of unbranched alkanes of at least 4 members (excludes halogenated alkanes) is 1. The summed E-state index contributed by atoms with van der Waals surface area (Å²) >= 11 is 0. The second kappa shape index (κ2) is 9.92. The Kier molecular flexibility index (Phi) is 6.82. The van der Waals surface area contributed by atoms with Crippen LogP contribution < -0.4 is 0 Å². The first-order valence-corrected chi connectivity index (χ1v) is 11.1. The molecule has 0 fully saturated rings. The van der Waals surface area contributed by atoms with Crippen molar-refractivity contribution in [2.75, 3.05) is 13.7 Å². The van der Waals surface area contributed by atoms with E-state index in [2.05, 4.69) is 31.1 Å². The van der Waals surface area contributed by atoms with Crippen LogP contribution in [0.2, 0.25) is 0 Å². The maximum absolute atomic E-state index is 6.48. The molecule has 31 heavy (non-hydrogen) atoms. The van der Waals surface area contributed by atoms with Gasteiger partial charge in [0, 0.05) is 18.6 Å². The fourth-order valence-corrected chi connectivity index (χ4v) is 4.08. The van der Waals surface area contributed by atoms with Crippen LogP contribution in [0.3, 0.4) is 0 Å². The van der Waals surface area contributed by atoms with Crippen LogP contribution in [0.5, 0.6) is 0 Å². The standard InChI is InChI=1S/C26H30N2O3/c1-4-5-12-18(2)24-22(23(28-31-24)19-13-8-6-9-14-19)26-27-21(17-29-3)25(30-26)20-15-10-7-11-16-20/h6-11,13-16,18,21,25H,4-5,12,17H2,1-3H3/t18-,21-,25-/m0/s1. The molecule has 0 bridgehead atoms. The number of nitrogens with zero attached hydrogens (tertiary/aromatic N) is 2. The Balaban J connectivity index is 1.76. The minimum absolute atomic E-state index is 0.125. The summed E-state index contributed by atoms with van der Waals surface area (Å²) in [6.07, 6.45) is 3.11. The molecule has 1 aromatic heterocycles. The third-order valence-electron chi connectivity index (χ3n) is 5.75. The molecular weight excluding hydrogens is 388 g/mol. The SMILES string of the molecule is CCCC[C@H](C)c1onc(-c2ccccc2)c1C1=N[C@@H](COC)[C@H](c2ccccc2)O1. The van der Waals surface area contributed by atoms with Crippen molar-refractivity contribution in [2.45, 2.75) is 51.2 Å². The summed E-state index contributed by atoms with van der Waals surface area (Å²) in [7, 11) is 1.70. The first kappa shape index (κ1) is 21.3. The van der Waals surface area contributed by atoms with Crippen LogP contribution in [0.25, 0.3) is 11.3 Å². The highest BCUT2D eigenvalue weighted by atomic mass is 16.5. The van der Waals surface area contributed by atoms with Gasteiger partial charge in [-0.25, -0.2) is 4.99 Å². The highest BCUT2D eigenvalue weighted by Crippen LogP contribution is 2.38. The predicted octanol–water partition coefficient (Wildman–Crippen LogP) is 6.17. The summed E-state index contributed by atoms with van der Waals surface area (Å²) in [6.45, 7) is 4.87. The third-order valence-corrected chi connectivity index (χ3v) is 5.75. The van der Waals surface area contributed by atoms with E-state index in [1.165, 1.54) is 0 Å². The number of hydrogen-bond acceptors (Lipinski definition) is 5. The molecule has 4 rings (SSSR count). The minimum atomic E-state index is -0.200. The molecule has 2 heterocycles. The van der Waals surface area contributed by atoms with Gasteiger partial charge in [0.1, 0.15) is 17.3 Å². The average Bonchev–Trinajstić information content (AvgIpc) is 3.43. The largest absolute Gasteiger partial charge is 0.467 e. The molecule has 0 aliphatic carbocycles. The molecule has 0 amide bonds. The van der Waals surface area contributed by atoms with Gasteiger partial charge in [-0.15, -0.1) is 0 Å². The lowest BCUT2D eigenvalue weighted by Gasteiger charge is -2.17. The van der Waals surface area contributed by atoms with Crippen LogP contribution in [0, 0.1) is 0 Å². The van der Waals surface area contributed by atoms with Crippen LogP contribution in [0.15, 0.2) is 70.2 Å². The second-order valence-electron chi connectivity index (χ2n) is 8.09. The fraction of sp³-hybridized carbons (Fsp3) is 0.385. The zero-order chi connectivity index (χ0) is 21.6. The van der Waals surface area contributed by atoms with Crippen molar-refractivity contribution in [1.82, 2.24) is 5.16 Å². The smallest absolute Gasteiger partial charge is 0.223 e. The van der Waals surface area contributed by atoms with Gasteiger partial charge in [0.15, 0.2) is 11.9 Å². The molecular formula is C26H30N2O3. The Bertz CT molecular complexity index is 998. The lowest BCUT2D eigenvalue weighted by molar-refractivity contribution is 0.120. The van der Waals surface area contributed by atoms with E-state index in [-0.39, 0.29) is 18.1 Å². The number of rotatable bonds is 9. The first-order chi connectivity index (χ1) is 15.2. The van der Waals surface area contributed by atoms with E-state index < -0.39 is 0 Å². The zero-order valence-corrected chi connectivity index (χ0v) is 18.5.